The van der Waals surface area contributed by atoms with Gasteiger partial charge in [-0.15, -0.1) is 0 Å². The van der Waals surface area contributed by atoms with Crippen LogP contribution in [-0.2, 0) is 11.4 Å². The molecule has 1 aliphatic heterocycles. The fourth-order valence-electron chi connectivity index (χ4n) is 4.34. The zero-order valence-corrected chi connectivity index (χ0v) is 16.6. The fraction of sp³-hybridized carbons (Fsp3) is 0.600. The SMILES string of the molecule is CCn1ncc2c(NC3CCC3)c(C3=NOC4(CCCC4)C3)cnc21.O=C(O)O. The summed E-state index contributed by atoms with van der Waals surface area (Å²) in [5, 5.41) is 27.8. The quantitative estimate of drug-likeness (QED) is 0.706. The van der Waals surface area contributed by atoms with Gasteiger partial charge in [0, 0.05) is 30.8 Å². The van der Waals surface area contributed by atoms with Gasteiger partial charge in [-0.1, -0.05) is 5.16 Å². The number of oxime groups is 1. The van der Waals surface area contributed by atoms with Gasteiger partial charge in [-0.3, -0.25) is 0 Å². The highest BCUT2D eigenvalue weighted by Gasteiger charge is 2.42. The van der Waals surface area contributed by atoms with Crippen molar-refractivity contribution >= 4 is 28.6 Å². The second-order valence-corrected chi connectivity index (χ2v) is 8.00. The van der Waals surface area contributed by atoms with Crippen molar-refractivity contribution in [3.05, 3.63) is 18.0 Å². The van der Waals surface area contributed by atoms with E-state index in [1.54, 1.807) is 0 Å². The summed E-state index contributed by atoms with van der Waals surface area (Å²) in [6.45, 7) is 2.92. The standard InChI is InChI=1S/C19H25N5O.CH2O3/c1-2-24-18-15(12-21-24)17(22-13-6-5-7-13)14(11-20-18)16-10-19(25-23-16)8-3-4-9-19;2-1(3)4/h11-13H,2-10H2,1H3,(H,20,22);(H2,2,3,4). The number of carbonyl (C=O) groups is 1. The Morgan fingerprint density at radius 2 is 2.00 bits per heavy atom. The summed E-state index contributed by atoms with van der Waals surface area (Å²) >= 11 is 0. The first-order valence-corrected chi connectivity index (χ1v) is 10.3. The van der Waals surface area contributed by atoms with Crippen molar-refractivity contribution in [2.24, 2.45) is 5.16 Å². The Labute approximate surface area is 168 Å². The van der Waals surface area contributed by atoms with Crippen LogP contribution in [0.25, 0.3) is 11.0 Å². The number of fused-ring (bicyclic) bond motifs is 1. The highest BCUT2D eigenvalue weighted by atomic mass is 16.7. The van der Waals surface area contributed by atoms with Gasteiger partial charge in [0.15, 0.2) is 5.65 Å². The molecule has 0 saturated heterocycles. The average molecular weight is 401 g/mol. The number of anilines is 1. The maximum Gasteiger partial charge on any atom is 0.503 e. The number of nitrogens with one attached hydrogen (secondary N) is 1. The molecule has 2 aromatic rings. The summed E-state index contributed by atoms with van der Waals surface area (Å²) in [6.07, 6.45) is 11.5. The van der Waals surface area contributed by atoms with Crippen molar-refractivity contribution < 1.29 is 19.8 Å². The van der Waals surface area contributed by atoms with Gasteiger partial charge >= 0.3 is 6.16 Å². The molecule has 2 fully saturated rings. The Bertz CT molecular complexity index is 924. The van der Waals surface area contributed by atoms with Crippen LogP contribution in [0.2, 0.25) is 0 Å². The van der Waals surface area contributed by atoms with Crippen molar-refractivity contribution in [3.63, 3.8) is 0 Å². The van der Waals surface area contributed by atoms with Crippen LogP contribution in [0.4, 0.5) is 10.5 Å². The zero-order valence-electron chi connectivity index (χ0n) is 16.6. The van der Waals surface area contributed by atoms with Crippen LogP contribution in [0.3, 0.4) is 0 Å². The first-order chi connectivity index (χ1) is 14.0. The highest BCUT2D eigenvalue weighted by Crippen LogP contribution is 2.42. The van der Waals surface area contributed by atoms with Crippen LogP contribution in [0.5, 0.6) is 0 Å². The normalized spacial score (nSPS) is 20.0. The fourth-order valence-corrected chi connectivity index (χ4v) is 4.34. The average Bonchev–Trinajstić information content (AvgIpc) is 3.38. The molecule has 29 heavy (non-hydrogen) atoms. The molecule has 0 aromatic carbocycles. The number of rotatable bonds is 4. The Balaban J connectivity index is 0.000000472. The second kappa shape index (κ2) is 7.88. The lowest BCUT2D eigenvalue weighted by atomic mass is 9.90. The number of hydrogen-bond donors (Lipinski definition) is 3. The molecule has 2 aliphatic carbocycles. The Morgan fingerprint density at radius 1 is 1.28 bits per heavy atom. The van der Waals surface area contributed by atoms with Gasteiger partial charge in [0.05, 0.1) is 23.0 Å². The monoisotopic (exact) mass is 401 g/mol. The number of hydrogen-bond acceptors (Lipinski definition) is 6. The second-order valence-electron chi connectivity index (χ2n) is 8.00. The van der Waals surface area contributed by atoms with E-state index in [4.69, 9.17) is 24.8 Å². The third-order valence-corrected chi connectivity index (χ3v) is 6.08. The van der Waals surface area contributed by atoms with Crippen LogP contribution in [0.1, 0.15) is 63.9 Å². The topological polar surface area (TPSA) is 122 Å². The van der Waals surface area contributed by atoms with Crippen molar-refractivity contribution in [2.75, 3.05) is 5.32 Å². The molecule has 3 N–H and O–H groups in total. The molecular formula is C20H27N5O4. The first kappa shape index (κ1) is 19.5. The van der Waals surface area contributed by atoms with E-state index in [0.717, 1.165) is 53.8 Å². The number of nitrogens with zero attached hydrogens (tertiary/aromatic N) is 4. The van der Waals surface area contributed by atoms with Crippen molar-refractivity contribution in [3.8, 4) is 0 Å². The smallest absolute Gasteiger partial charge is 0.450 e. The van der Waals surface area contributed by atoms with E-state index < -0.39 is 6.16 Å². The number of aromatic nitrogens is 3. The summed E-state index contributed by atoms with van der Waals surface area (Å²) in [7, 11) is 0. The van der Waals surface area contributed by atoms with E-state index in [0.29, 0.717) is 6.04 Å². The molecule has 0 unspecified atom stereocenters. The zero-order chi connectivity index (χ0) is 20.4. The van der Waals surface area contributed by atoms with Gasteiger partial charge in [0.2, 0.25) is 0 Å². The third kappa shape index (κ3) is 3.86. The maximum atomic E-state index is 8.56. The molecule has 0 atom stereocenters. The predicted molar refractivity (Wildman–Crippen MR) is 109 cm³/mol. The molecule has 156 valence electrons. The Kier molecular flexibility index (Phi) is 5.29. The summed E-state index contributed by atoms with van der Waals surface area (Å²) in [5.41, 5.74) is 4.18. The lowest BCUT2D eigenvalue weighted by molar-refractivity contribution is -0.0126. The molecule has 3 heterocycles. The number of carboxylic acid groups (broad SMARTS) is 2. The maximum absolute atomic E-state index is 8.56. The van der Waals surface area contributed by atoms with Gasteiger partial charge < -0.3 is 20.4 Å². The molecule has 2 saturated carbocycles. The Hall–Kier alpha value is -2.84. The molecule has 2 aromatic heterocycles. The van der Waals surface area contributed by atoms with E-state index in [9.17, 15) is 0 Å². The molecule has 0 amide bonds. The summed E-state index contributed by atoms with van der Waals surface area (Å²) in [4.78, 5) is 19.2. The van der Waals surface area contributed by atoms with Gasteiger partial charge in [0.25, 0.3) is 0 Å². The first-order valence-electron chi connectivity index (χ1n) is 10.3. The summed E-state index contributed by atoms with van der Waals surface area (Å²) in [6, 6.07) is 0.553. The van der Waals surface area contributed by atoms with Crippen LogP contribution in [0, 0.1) is 0 Å². The van der Waals surface area contributed by atoms with Gasteiger partial charge in [0.1, 0.15) is 5.60 Å². The van der Waals surface area contributed by atoms with E-state index >= 15 is 0 Å². The Morgan fingerprint density at radius 3 is 2.62 bits per heavy atom. The van der Waals surface area contributed by atoms with E-state index in [1.807, 2.05) is 17.1 Å². The van der Waals surface area contributed by atoms with Crippen LogP contribution in [-0.4, -0.2) is 48.5 Å². The lowest BCUT2D eigenvalue weighted by Crippen LogP contribution is -2.28. The summed E-state index contributed by atoms with van der Waals surface area (Å²) < 4.78 is 1.95. The third-order valence-electron chi connectivity index (χ3n) is 6.08. The van der Waals surface area contributed by atoms with Gasteiger partial charge in [-0.25, -0.2) is 14.5 Å². The molecule has 5 rings (SSSR count). The van der Waals surface area contributed by atoms with E-state index in [2.05, 4.69) is 22.5 Å². The molecule has 1 spiro atoms. The summed E-state index contributed by atoms with van der Waals surface area (Å²) in [5.74, 6) is 0. The van der Waals surface area contributed by atoms with Crippen LogP contribution in [0.15, 0.2) is 17.5 Å². The van der Waals surface area contributed by atoms with Crippen molar-refractivity contribution in [1.82, 2.24) is 14.8 Å². The van der Waals surface area contributed by atoms with Crippen LogP contribution >= 0.6 is 0 Å². The predicted octanol–water partition coefficient (Wildman–Crippen LogP) is 4.08. The largest absolute Gasteiger partial charge is 0.503 e. The van der Waals surface area contributed by atoms with Crippen molar-refractivity contribution in [2.45, 2.75) is 76.5 Å². The van der Waals surface area contributed by atoms with Gasteiger partial charge in [-0.05, 0) is 51.9 Å². The van der Waals surface area contributed by atoms with Crippen molar-refractivity contribution in [1.29, 1.82) is 0 Å². The van der Waals surface area contributed by atoms with E-state index in [1.165, 1.54) is 32.1 Å². The van der Waals surface area contributed by atoms with Gasteiger partial charge in [-0.2, -0.15) is 5.10 Å². The molecule has 0 bridgehead atoms. The molecule has 9 heteroatoms. The highest BCUT2D eigenvalue weighted by molar-refractivity contribution is 6.10. The van der Waals surface area contributed by atoms with E-state index in [-0.39, 0.29) is 5.60 Å². The minimum Gasteiger partial charge on any atom is -0.450 e. The van der Waals surface area contributed by atoms with Crippen LogP contribution < -0.4 is 5.32 Å². The molecule has 0 radical (unpaired) electrons. The molecular weight excluding hydrogens is 374 g/mol. The molecule has 9 nitrogen and oxygen atoms in total. The minimum atomic E-state index is -1.83. The minimum absolute atomic E-state index is 0.0500. The number of pyridine rings is 1. The molecule has 3 aliphatic rings. The lowest BCUT2D eigenvalue weighted by Gasteiger charge is -2.29. The number of aryl methyl sites for hydroxylation is 1.